The second kappa shape index (κ2) is 5.67. The van der Waals surface area contributed by atoms with Gasteiger partial charge in [-0.3, -0.25) is 0 Å². The maximum absolute atomic E-state index is 11.6. The quantitative estimate of drug-likeness (QED) is 0.881. The number of aryl methyl sites for hydroxylation is 2. The van der Waals surface area contributed by atoms with Crippen LogP contribution in [0.5, 0.6) is 0 Å². The number of fused-ring (bicyclic) bond motifs is 1. The number of hydrogen-bond donors (Lipinski definition) is 2. The molecule has 2 N–H and O–H groups in total. The summed E-state index contributed by atoms with van der Waals surface area (Å²) < 4.78 is 1.94. The molecule has 2 aromatic rings. The van der Waals surface area contributed by atoms with Gasteiger partial charge in [-0.15, -0.1) is 0 Å². The van der Waals surface area contributed by atoms with E-state index in [4.69, 9.17) is 5.11 Å². The molecule has 0 aliphatic carbocycles. The molecule has 0 amide bonds. The number of aliphatic hydroxyl groups excluding tert-OH is 1. The highest BCUT2D eigenvalue weighted by Gasteiger charge is 2.17. The SMILES string of the molecule is Cc1cn(CCCO)c2c(C(=O)O)cc(C(C)C)cc12. The highest BCUT2D eigenvalue weighted by Crippen LogP contribution is 2.29. The summed E-state index contributed by atoms with van der Waals surface area (Å²) in [5.41, 5.74) is 3.21. The fraction of sp³-hybridized carbons (Fsp3) is 0.438. The van der Waals surface area contributed by atoms with Crippen LogP contribution in [-0.2, 0) is 6.54 Å². The first-order valence-electron chi connectivity index (χ1n) is 6.93. The summed E-state index contributed by atoms with van der Waals surface area (Å²) in [5.74, 6) is -0.612. The summed E-state index contributed by atoms with van der Waals surface area (Å²) in [6.45, 7) is 6.84. The minimum Gasteiger partial charge on any atom is -0.478 e. The predicted octanol–water partition coefficient (Wildman–Crippen LogP) is 3.15. The normalized spacial score (nSPS) is 11.4. The van der Waals surface area contributed by atoms with E-state index in [1.807, 2.05) is 17.7 Å². The van der Waals surface area contributed by atoms with E-state index in [2.05, 4.69) is 19.9 Å². The van der Waals surface area contributed by atoms with E-state index in [-0.39, 0.29) is 12.5 Å². The minimum atomic E-state index is -0.902. The smallest absolute Gasteiger partial charge is 0.337 e. The molecule has 0 aliphatic heterocycles. The Morgan fingerprint density at radius 3 is 2.60 bits per heavy atom. The monoisotopic (exact) mass is 275 g/mol. The Labute approximate surface area is 118 Å². The van der Waals surface area contributed by atoms with E-state index >= 15 is 0 Å². The van der Waals surface area contributed by atoms with Crippen molar-refractivity contribution in [1.82, 2.24) is 4.57 Å². The summed E-state index contributed by atoms with van der Waals surface area (Å²) in [5, 5.41) is 19.4. The first-order valence-corrected chi connectivity index (χ1v) is 6.93. The molecule has 4 heteroatoms. The van der Waals surface area contributed by atoms with Gasteiger partial charge >= 0.3 is 5.97 Å². The van der Waals surface area contributed by atoms with Crippen LogP contribution in [-0.4, -0.2) is 27.4 Å². The number of aromatic carboxylic acids is 1. The highest BCUT2D eigenvalue weighted by molar-refractivity contribution is 6.03. The van der Waals surface area contributed by atoms with Gasteiger partial charge in [0.05, 0.1) is 11.1 Å². The number of carbonyl (C=O) groups is 1. The molecule has 0 aliphatic rings. The van der Waals surface area contributed by atoms with Crippen LogP contribution in [0.4, 0.5) is 0 Å². The fourth-order valence-electron chi connectivity index (χ4n) is 2.55. The lowest BCUT2D eigenvalue weighted by molar-refractivity contribution is 0.0698. The van der Waals surface area contributed by atoms with Crippen molar-refractivity contribution >= 4 is 16.9 Å². The molecule has 0 bridgehead atoms. The lowest BCUT2D eigenvalue weighted by Gasteiger charge is -2.11. The third kappa shape index (κ3) is 2.56. The zero-order valence-corrected chi connectivity index (χ0v) is 12.2. The molecular formula is C16H21NO3. The van der Waals surface area contributed by atoms with Crippen molar-refractivity contribution in [3.8, 4) is 0 Å². The second-order valence-corrected chi connectivity index (χ2v) is 5.51. The molecular weight excluding hydrogens is 254 g/mol. The van der Waals surface area contributed by atoms with E-state index in [1.54, 1.807) is 6.07 Å². The molecule has 0 atom stereocenters. The van der Waals surface area contributed by atoms with Gasteiger partial charge in [0.2, 0.25) is 0 Å². The van der Waals surface area contributed by atoms with Crippen molar-refractivity contribution in [3.63, 3.8) is 0 Å². The molecule has 0 fully saturated rings. The summed E-state index contributed by atoms with van der Waals surface area (Å²) in [6, 6.07) is 3.85. The Balaban J connectivity index is 2.71. The number of carboxylic acid groups (broad SMARTS) is 1. The van der Waals surface area contributed by atoms with Gasteiger partial charge in [0.1, 0.15) is 0 Å². The van der Waals surface area contributed by atoms with E-state index in [9.17, 15) is 9.90 Å². The molecule has 0 spiro atoms. The van der Waals surface area contributed by atoms with E-state index in [0.29, 0.717) is 18.5 Å². The zero-order chi connectivity index (χ0) is 14.9. The average Bonchev–Trinajstić information content (AvgIpc) is 2.72. The first kappa shape index (κ1) is 14.6. The van der Waals surface area contributed by atoms with Gasteiger partial charge in [0.25, 0.3) is 0 Å². The predicted molar refractivity (Wildman–Crippen MR) is 79.4 cm³/mol. The summed E-state index contributed by atoms with van der Waals surface area (Å²) in [7, 11) is 0. The molecule has 0 unspecified atom stereocenters. The van der Waals surface area contributed by atoms with Crippen molar-refractivity contribution in [2.24, 2.45) is 0 Å². The van der Waals surface area contributed by atoms with Gasteiger partial charge in [-0.1, -0.05) is 13.8 Å². The number of nitrogens with zero attached hydrogens (tertiary/aromatic N) is 1. The van der Waals surface area contributed by atoms with Crippen molar-refractivity contribution in [2.75, 3.05) is 6.61 Å². The van der Waals surface area contributed by atoms with Gasteiger partial charge in [-0.2, -0.15) is 0 Å². The molecule has 0 saturated heterocycles. The van der Waals surface area contributed by atoms with Gasteiger partial charge in [-0.05, 0) is 42.5 Å². The number of aromatic nitrogens is 1. The van der Waals surface area contributed by atoms with E-state index in [1.165, 1.54) is 0 Å². The summed E-state index contributed by atoms with van der Waals surface area (Å²) in [4.78, 5) is 11.6. The Bertz CT molecular complexity index is 641. The van der Waals surface area contributed by atoms with Gasteiger partial charge in [-0.25, -0.2) is 4.79 Å². The van der Waals surface area contributed by atoms with Crippen molar-refractivity contribution in [2.45, 2.75) is 39.7 Å². The van der Waals surface area contributed by atoms with Crippen LogP contribution < -0.4 is 0 Å². The number of carboxylic acids is 1. The Hall–Kier alpha value is -1.81. The fourth-order valence-corrected chi connectivity index (χ4v) is 2.55. The van der Waals surface area contributed by atoms with E-state index in [0.717, 1.165) is 22.0 Å². The Morgan fingerprint density at radius 1 is 1.35 bits per heavy atom. The topological polar surface area (TPSA) is 62.5 Å². The zero-order valence-electron chi connectivity index (χ0n) is 12.2. The molecule has 1 aromatic heterocycles. The van der Waals surface area contributed by atoms with Crippen LogP contribution in [0.3, 0.4) is 0 Å². The molecule has 0 radical (unpaired) electrons. The lowest BCUT2D eigenvalue weighted by Crippen LogP contribution is -2.05. The Kier molecular flexibility index (Phi) is 4.14. The molecule has 0 saturated carbocycles. The molecule has 4 nitrogen and oxygen atoms in total. The van der Waals surface area contributed by atoms with Crippen LogP contribution in [0.25, 0.3) is 10.9 Å². The van der Waals surface area contributed by atoms with Crippen LogP contribution in [0.1, 0.15) is 47.7 Å². The number of aliphatic hydroxyl groups is 1. The third-order valence-electron chi connectivity index (χ3n) is 3.65. The van der Waals surface area contributed by atoms with Crippen molar-refractivity contribution in [3.05, 3.63) is 35.0 Å². The van der Waals surface area contributed by atoms with Crippen molar-refractivity contribution in [1.29, 1.82) is 0 Å². The summed E-state index contributed by atoms with van der Waals surface area (Å²) >= 11 is 0. The maximum atomic E-state index is 11.6. The Morgan fingerprint density at radius 2 is 2.05 bits per heavy atom. The van der Waals surface area contributed by atoms with Crippen LogP contribution in [0.2, 0.25) is 0 Å². The van der Waals surface area contributed by atoms with Crippen molar-refractivity contribution < 1.29 is 15.0 Å². The third-order valence-corrected chi connectivity index (χ3v) is 3.65. The molecule has 108 valence electrons. The number of rotatable bonds is 5. The van der Waals surface area contributed by atoms with Gasteiger partial charge < -0.3 is 14.8 Å². The lowest BCUT2D eigenvalue weighted by atomic mass is 9.97. The first-order chi connectivity index (χ1) is 9.45. The standard InChI is InChI=1S/C16H21NO3/c1-10(2)12-7-13-11(3)9-17(5-4-6-18)15(13)14(8-12)16(19)20/h7-10,18H,4-6H2,1-3H3,(H,19,20). The molecule has 1 heterocycles. The number of hydrogen-bond acceptors (Lipinski definition) is 2. The van der Waals surface area contributed by atoms with Crippen LogP contribution in [0, 0.1) is 6.92 Å². The van der Waals surface area contributed by atoms with Gasteiger partial charge in [0.15, 0.2) is 0 Å². The van der Waals surface area contributed by atoms with Crippen LogP contribution >= 0.6 is 0 Å². The maximum Gasteiger partial charge on any atom is 0.337 e. The molecule has 20 heavy (non-hydrogen) atoms. The molecule has 2 rings (SSSR count). The van der Waals surface area contributed by atoms with Crippen LogP contribution in [0.15, 0.2) is 18.3 Å². The van der Waals surface area contributed by atoms with E-state index < -0.39 is 5.97 Å². The summed E-state index contributed by atoms with van der Waals surface area (Å²) in [6.07, 6.45) is 2.59. The number of benzene rings is 1. The molecule has 1 aromatic carbocycles. The van der Waals surface area contributed by atoms with Gasteiger partial charge in [0, 0.05) is 24.7 Å². The second-order valence-electron chi connectivity index (χ2n) is 5.51. The largest absolute Gasteiger partial charge is 0.478 e. The minimum absolute atomic E-state index is 0.102. The highest BCUT2D eigenvalue weighted by atomic mass is 16.4. The average molecular weight is 275 g/mol.